The fourth-order valence-electron chi connectivity index (χ4n) is 1.14. The van der Waals surface area contributed by atoms with Crippen molar-refractivity contribution in [2.24, 2.45) is 5.92 Å². The van der Waals surface area contributed by atoms with E-state index in [1.54, 1.807) is 0 Å². The minimum Gasteiger partial charge on any atom is -0.261 e. The van der Waals surface area contributed by atoms with Gasteiger partial charge in [-0.3, -0.25) is 4.98 Å². The third kappa shape index (κ3) is 3.04. The van der Waals surface area contributed by atoms with Crippen LogP contribution < -0.4 is 0 Å². The quantitative estimate of drug-likeness (QED) is 0.664. The lowest BCUT2D eigenvalue weighted by Gasteiger charge is -2.06. The average molecular weight is 163 g/mol. The Bertz CT molecular complexity index is 206. The number of aromatic nitrogens is 1. The molecule has 1 rings (SSSR count). The van der Waals surface area contributed by atoms with Crippen molar-refractivity contribution in [3.63, 3.8) is 0 Å². The molecule has 0 bridgehead atoms. The second-order valence-corrected chi connectivity index (χ2v) is 3.37. The fourth-order valence-corrected chi connectivity index (χ4v) is 1.14. The monoisotopic (exact) mass is 163 g/mol. The minimum absolute atomic E-state index is 0.826. The van der Waals surface area contributed by atoms with E-state index < -0.39 is 0 Å². The zero-order chi connectivity index (χ0) is 8.81. The lowest BCUT2D eigenvalue weighted by atomic mass is 10.0. The summed E-state index contributed by atoms with van der Waals surface area (Å²) < 4.78 is 0. The Labute approximate surface area is 74.8 Å². The average Bonchev–Trinajstić information content (AvgIpc) is 2.16. The van der Waals surface area contributed by atoms with E-state index in [4.69, 9.17) is 0 Å². The van der Waals surface area contributed by atoms with Gasteiger partial charge in [-0.2, -0.15) is 0 Å². The summed E-state index contributed by atoms with van der Waals surface area (Å²) in [5.41, 5.74) is 1.22. The molecular formula is C11H17N. The Hall–Kier alpha value is -0.850. The van der Waals surface area contributed by atoms with Crippen molar-refractivity contribution in [3.05, 3.63) is 30.1 Å². The number of pyridine rings is 1. The van der Waals surface area contributed by atoms with Gasteiger partial charge in [0.1, 0.15) is 0 Å². The molecule has 1 unspecified atom stereocenters. The van der Waals surface area contributed by atoms with Crippen LogP contribution in [0.3, 0.4) is 0 Å². The molecule has 0 aliphatic rings. The van der Waals surface area contributed by atoms with Crippen molar-refractivity contribution in [1.82, 2.24) is 4.98 Å². The highest BCUT2D eigenvalue weighted by molar-refractivity contribution is 5.03. The van der Waals surface area contributed by atoms with Gasteiger partial charge in [-0.1, -0.05) is 26.3 Å². The van der Waals surface area contributed by atoms with E-state index in [0.29, 0.717) is 0 Å². The van der Waals surface area contributed by atoms with E-state index in [-0.39, 0.29) is 0 Å². The highest BCUT2D eigenvalue weighted by Crippen LogP contribution is 2.09. The van der Waals surface area contributed by atoms with Gasteiger partial charge in [0.15, 0.2) is 0 Å². The summed E-state index contributed by atoms with van der Waals surface area (Å²) in [4.78, 5) is 4.28. The molecule has 0 saturated heterocycles. The molecule has 66 valence electrons. The first-order valence-electron chi connectivity index (χ1n) is 4.72. The molecule has 0 aliphatic carbocycles. The molecule has 0 saturated carbocycles. The molecule has 0 fully saturated rings. The molecule has 0 N–H and O–H groups in total. The Morgan fingerprint density at radius 3 is 2.83 bits per heavy atom. The van der Waals surface area contributed by atoms with Crippen LogP contribution in [0.25, 0.3) is 0 Å². The third-order valence-corrected chi connectivity index (χ3v) is 2.32. The van der Waals surface area contributed by atoms with E-state index in [9.17, 15) is 0 Å². The van der Waals surface area contributed by atoms with E-state index in [0.717, 1.165) is 12.3 Å². The maximum absolute atomic E-state index is 4.28. The summed E-state index contributed by atoms with van der Waals surface area (Å²) in [5.74, 6) is 0.826. The van der Waals surface area contributed by atoms with Crippen LogP contribution in [0.5, 0.6) is 0 Å². The van der Waals surface area contributed by atoms with Crippen molar-refractivity contribution in [1.29, 1.82) is 0 Å². The standard InChI is InChI=1S/C11H17N/c1-3-10(2)7-8-11-6-4-5-9-12-11/h4-6,9-10H,3,7-8H2,1-2H3. The fraction of sp³-hybridized carbons (Fsp3) is 0.545. The topological polar surface area (TPSA) is 12.9 Å². The van der Waals surface area contributed by atoms with Crippen molar-refractivity contribution in [2.75, 3.05) is 0 Å². The number of hydrogen-bond acceptors (Lipinski definition) is 1. The smallest absolute Gasteiger partial charge is 0.0403 e. The lowest BCUT2D eigenvalue weighted by Crippen LogP contribution is -1.96. The SMILES string of the molecule is CCC(C)CCc1ccccn1. The summed E-state index contributed by atoms with van der Waals surface area (Å²) in [6.07, 6.45) is 5.52. The second kappa shape index (κ2) is 4.91. The van der Waals surface area contributed by atoms with Crippen LogP contribution in [0.4, 0.5) is 0 Å². The van der Waals surface area contributed by atoms with Crippen molar-refractivity contribution in [3.8, 4) is 0 Å². The Balaban J connectivity index is 2.33. The molecule has 1 heterocycles. The van der Waals surface area contributed by atoms with E-state index in [2.05, 4.69) is 31.0 Å². The molecule has 1 aromatic rings. The van der Waals surface area contributed by atoms with Gasteiger partial charge in [-0.05, 0) is 30.9 Å². The van der Waals surface area contributed by atoms with Crippen LogP contribution in [-0.4, -0.2) is 4.98 Å². The third-order valence-electron chi connectivity index (χ3n) is 2.32. The van der Waals surface area contributed by atoms with Crippen LogP contribution in [0.15, 0.2) is 24.4 Å². The maximum Gasteiger partial charge on any atom is 0.0403 e. The van der Waals surface area contributed by atoms with Gasteiger partial charge < -0.3 is 0 Å². The zero-order valence-corrected chi connectivity index (χ0v) is 7.96. The van der Waals surface area contributed by atoms with Crippen molar-refractivity contribution < 1.29 is 0 Å². The zero-order valence-electron chi connectivity index (χ0n) is 7.96. The first kappa shape index (κ1) is 9.24. The molecule has 0 aromatic carbocycles. The van der Waals surface area contributed by atoms with Crippen LogP contribution in [0, 0.1) is 5.92 Å². The summed E-state index contributed by atoms with van der Waals surface area (Å²) >= 11 is 0. The van der Waals surface area contributed by atoms with E-state index >= 15 is 0 Å². The first-order valence-corrected chi connectivity index (χ1v) is 4.72. The molecule has 0 aliphatic heterocycles. The van der Waals surface area contributed by atoms with Gasteiger partial charge in [0.25, 0.3) is 0 Å². The summed E-state index contributed by atoms with van der Waals surface area (Å²) in [5, 5.41) is 0. The summed E-state index contributed by atoms with van der Waals surface area (Å²) in [6.45, 7) is 4.53. The van der Waals surface area contributed by atoms with Crippen LogP contribution in [0.1, 0.15) is 32.4 Å². The van der Waals surface area contributed by atoms with E-state index in [1.165, 1.54) is 18.5 Å². The number of aryl methyl sites for hydroxylation is 1. The Morgan fingerprint density at radius 2 is 2.25 bits per heavy atom. The Kier molecular flexibility index (Phi) is 3.78. The summed E-state index contributed by atoms with van der Waals surface area (Å²) in [7, 11) is 0. The maximum atomic E-state index is 4.28. The number of rotatable bonds is 4. The molecule has 1 aromatic heterocycles. The molecule has 1 heteroatoms. The Morgan fingerprint density at radius 1 is 1.42 bits per heavy atom. The molecule has 1 nitrogen and oxygen atoms in total. The molecule has 12 heavy (non-hydrogen) atoms. The molecule has 0 radical (unpaired) electrons. The van der Waals surface area contributed by atoms with Gasteiger partial charge in [-0.25, -0.2) is 0 Å². The van der Waals surface area contributed by atoms with E-state index in [1.807, 2.05) is 12.3 Å². The number of hydrogen-bond donors (Lipinski definition) is 0. The minimum atomic E-state index is 0.826. The molecule has 1 atom stereocenters. The predicted octanol–water partition coefficient (Wildman–Crippen LogP) is 3.06. The lowest BCUT2D eigenvalue weighted by molar-refractivity contribution is 0.513. The molecule has 0 spiro atoms. The van der Waals surface area contributed by atoms with Crippen LogP contribution >= 0.6 is 0 Å². The van der Waals surface area contributed by atoms with Crippen molar-refractivity contribution >= 4 is 0 Å². The second-order valence-electron chi connectivity index (χ2n) is 3.37. The highest BCUT2D eigenvalue weighted by Gasteiger charge is 1.99. The molecular weight excluding hydrogens is 146 g/mol. The highest BCUT2D eigenvalue weighted by atomic mass is 14.7. The predicted molar refractivity (Wildman–Crippen MR) is 52.0 cm³/mol. The largest absolute Gasteiger partial charge is 0.261 e. The van der Waals surface area contributed by atoms with Gasteiger partial charge >= 0.3 is 0 Å². The van der Waals surface area contributed by atoms with Gasteiger partial charge in [0.2, 0.25) is 0 Å². The first-order chi connectivity index (χ1) is 5.83. The number of nitrogens with zero attached hydrogens (tertiary/aromatic N) is 1. The van der Waals surface area contributed by atoms with Crippen molar-refractivity contribution in [2.45, 2.75) is 33.1 Å². The van der Waals surface area contributed by atoms with Gasteiger partial charge in [0, 0.05) is 11.9 Å². The van der Waals surface area contributed by atoms with Gasteiger partial charge in [-0.15, -0.1) is 0 Å². The summed E-state index contributed by atoms with van der Waals surface area (Å²) in [6, 6.07) is 6.12. The van der Waals surface area contributed by atoms with Crippen LogP contribution in [0.2, 0.25) is 0 Å². The van der Waals surface area contributed by atoms with Gasteiger partial charge in [0.05, 0.1) is 0 Å². The molecule has 0 amide bonds. The van der Waals surface area contributed by atoms with Crippen LogP contribution in [-0.2, 0) is 6.42 Å². The normalized spacial score (nSPS) is 12.8.